The van der Waals surface area contributed by atoms with Gasteiger partial charge in [-0.25, -0.2) is 0 Å². The number of rotatable bonds is 12. The van der Waals surface area contributed by atoms with E-state index in [-0.39, 0.29) is 0 Å². The molecule has 0 bridgehead atoms. The molecule has 4 heterocycles. The summed E-state index contributed by atoms with van der Waals surface area (Å²) in [6.45, 7) is 6.31. The van der Waals surface area contributed by atoms with Crippen molar-refractivity contribution in [2.75, 3.05) is 0 Å². The van der Waals surface area contributed by atoms with E-state index in [1.807, 2.05) is 18.2 Å². The highest BCUT2D eigenvalue weighted by Gasteiger charge is 2.32. The molecule has 26 aromatic rings. The van der Waals surface area contributed by atoms with Crippen molar-refractivity contribution in [2.24, 2.45) is 0 Å². The lowest BCUT2D eigenvalue weighted by Gasteiger charge is -2.31. The van der Waals surface area contributed by atoms with Crippen LogP contribution >= 0.6 is 31.9 Å². The highest BCUT2D eigenvalue weighted by molar-refractivity contribution is 9.10. The Bertz CT molecular complexity index is 9360. The molecule has 6 nitrogen and oxygen atoms in total. The molecule has 0 unspecified atom stereocenters. The fraction of sp³-hybridized carbons (Fsp3) is 0.0571. The van der Waals surface area contributed by atoms with Gasteiger partial charge in [-0.1, -0.05) is 432 Å². The predicted octanol–water partition coefficient (Wildman–Crippen LogP) is 36.5. The molecule has 2 radical (unpaired) electrons. The Hall–Kier alpha value is -17.0. The van der Waals surface area contributed by atoms with Crippen molar-refractivity contribution in [2.45, 2.75) is 51.7 Å². The topological polar surface area (TPSA) is 60.2 Å². The first kappa shape index (κ1) is 95.5. The molecule has 4 aromatic heterocycles. The average Bonchev–Trinajstić information content (AvgIpc) is 1.41. The lowest BCUT2D eigenvalue weighted by Crippen LogP contribution is -2.44. The zero-order valence-electron chi connectivity index (χ0n) is 83.2. The Kier molecular flexibility index (Phi) is 26.6. The third-order valence-corrected chi connectivity index (χ3v) is 30.3. The molecule has 149 heavy (non-hydrogen) atoms. The van der Waals surface area contributed by atoms with E-state index in [0.29, 0.717) is 0 Å². The van der Waals surface area contributed by atoms with Gasteiger partial charge >= 0.3 is 0 Å². The van der Waals surface area contributed by atoms with Crippen molar-refractivity contribution < 1.29 is 10.2 Å². The number of fused-ring (bicyclic) bond motifs is 18. The Morgan fingerprint density at radius 2 is 0.416 bits per heavy atom. The maximum absolute atomic E-state index is 9.10. The number of para-hydroxylation sites is 4. The van der Waals surface area contributed by atoms with Crippen LogP contribution in [0.15, 0.2) is 537 Å². The van der Waals surface area contributed by atoms with Gasteiger partial charge in [0.2, 0.25) is 0 Å². The van der Waals surface area contributed by atoms with Crippen LogP contribution in [0.4, 0.5) is 0 Å². The summed E-state index contributed by atoms with van der Waals surface area (Å²) in [5.41, 5.74) is 41.6. The number of hydrogen-bond acceptors (Lipinski definition) is 2. The van der Waals surface area contributed by atoms with Crippen LogP contribution in [0, 0.1) is 0 Å². The Morgan fingerprint density at radius 1 is 0.181 bits per heavy atom. The van der Waals surface area contributed by atoms with Crippen molar-refractivity contribution in [1.29, 1.82) is 0 Å². The van der Waals surface area contributed by atoms with Crippen molar-refractivity contribution in [3.8, 4) is 123 Å². The molecule has 28 rings (SSSR count). The highest BCUT2D eigenvalue weighted by atomic mass is 79.9. The van der Waals surface area contributed by atoms with Gasteiger partial charge in [-0.2, -0.15) is 0 Å². The van der Waals surface area contributed by atoms with Crippen LogP contribution in [0.25, 0.3) is 210 Å². The lowest BCUT2D eigenvalue weighted by atomic mass is 9.90. The van der Waals surface area contributed by atoms with Gasteiger partial charge in [-0.15, -0.1) is 0 Å². The normalized spacial score (nSPS) is 11.7. The number of hydrogen-bond donors (Lipinski definition) is 2. The molecular weight excluding hydrogens is 1940 g/mol. The summed E-state index contributed by atoms with van der Waals surface area (Å²) in [6, 6.07) is 189. The number of nitrogens with zero attached hydrogens (tertiary/aromatic N) is 4. The number of aliphatic hydroxyl groups is 2. The van der Waals surface area contributed by atoms with E-state index in [4.69, 9.17) is 18.1 Å². The quantitative estimate of drug-likeness (QED) is 0.120. The molecule has 0 spiro atoms. The summed E-state index contributed by atoms with van der Waals surface area (Å²) in [5.74, 6) is 0. The summed E-state index contributed by atoms with van der Waals surface area (Å²) < 4.78 is 11.8. The van der Waals surface area contributed by atoms with Crippen LogP contribution in [0.2, 0.25) is 0 Å². The zero-order chi connectivity index (χ0) is 101. The molecule has 0 saturated carbocycles. The largest absolute Gasteiger partial charge is 0.387 e. The van der Waals surface area contributed by atoms with Crippen LogP contribution in [-0.2, 0) is 12.8 Å². The summed E-state index contributed by atoms with van der Waals surface area (Å²) in [4.78, 5) is 0. The number of halogens is 2. The van der Waals surface area contributed by atoms with Crippen LogP contribution in [-0.4, -0.2) is 47.5 Å². The van der Waals surface area contributed by atoms with Gasteiger partial charge in [-0.3, -0.25) is 0 Å². The molecule has 22 aromatic carbocycles. The van der Waals surface area contributed by atoms with Crippen molar-refractivity contribution in [1.82, 2.24) is 18.3 Å². The third-order valence-electron chi connectivity index (χ3n) is 29.3. The van der Waals surface area contributed by atoms with E-state index in [2.05, 4.69) is 560 Å². The minimum atomic E-state index is -1.01. The van der Waals surface area contributed by atoms with Gasteiger partial charge in [0.15, 0.2) is 0 Å². The van der Waals surface area contributed by atoms with Crippen LogP contribution in [0.1, 0.15) is 49.9 Å². The molecule has 0 amide bonds. The molecular formula is C140H105BBr2N4O2. The van der Waals surface area contributed by atoms with E-state index in [9.17, 15) is 0 Å². The average molecular weight is 2050 g/mol. The van der Waals surface area contributed by atoms with E-state index in [0.717, 1.165) is 39.8 Å². The molecule has 0 atom stereocenters. The van der Waals surface area contributed by atoms with Crippen molar-refractivity contribution in [3.63, 3.8) is 0 Å². The lowest BCUT2D eigenvalue weighted by molar-refractivity contribution is -0.107. The molecule has 0 saturated heterocycles. The van der Waals surface area contributed by atoms with Gasteiger partial charge in [0.1, 0.15) is 7.85 Å². The number of benzene rings is 22. The predicted molar refractivity (Wildman–Crippen MR) is 637 cm³/mol. The maximum atomic E-state index is 9.10. The smallest absolute Gasteiger partial charge is 0.113 e. The molecule has 0 aliphatic heterocycles. The first-order valence-corrected chi connectivity index (χ1v) is 52.3. The fourth-order valence-electron chi connectivity index (χ4n) is 21.0. The van der Waals surface area contributed by atoms with Crippen LogP contribution in [0.5, 0.6) is 0 Å². The van der Waals surface area contributed by atoms with Crippen molar-refractivity contribution >= 4 is 132 Å². The second-order valence-electron chi connectivity index (χ2n) is 39.4. The Balaban J connectivity index is 0.000000108. The first-order chi connectivity index (χ1) is 72.9. The molecule has 2 N–H and O–H groups in total. The molecule has 2 aliphatic carbocycles. The minimum absolute atomic E-state index is 0.792. The van der Waals surface area contributed by atoms with Gasteiger partial charge in [0.05, 0.1) is 55.3 Å². The maximum Gasteiger partial charge on any atom is 0.113 e. The van der Waals surface area contributed by atoms with Crippen LogP contribution in [0.3, 0.4) is 0 Å². The van der Waals surface area contributed by atoms with Crippen molar-refractivity contribution in [3.05, 3.63) is 559 Å². The van der Waals surface area contributed by atoms with Gasteiger partial charge in [0.25, 0.3) is 0 Å². The first-order valence-electron chi connectivity index (χ1n) is 50.8. The molecule has 714 valence electrons. The van der Waals surface area contributed by atoms with Gasteiger partial charge in [-0.05, 0) is 296 Å². The van der Waals surface area contributed by atoms with E-state index < -0.39 is 11.2 Å². The molecule has 2 aliphatic rings. The second-order valence-corrected chi connectivity index (χ2v) is 41.2. The highest BCUT2D eigenvalue weighted by Crippen LogP contribution is 2.46. The van der Waals surface area contributed by atoms with Gasteiger partial charge < -0.3 is 28.5 Å². The van der Waals surface area contributed by atoms with Gasteiger partial charge in [0, 0.05) is 74.8 Å². The summed E-state index contributed by atoms with van der Waals surface area (Å²) >= 11 is 6.93. The fourth-order valence-corrected chi connectivity index (χ4v) is 21.7. The Labute approximate surface area is 887 Å². The molecule has 0 fully saturated rings. The third kappa shape index (κ3) is 19.5. The summed E-state index contributed by atoms with van der Waals surface area (Å²) in [7, 11) is 6.04. The standard InChI is InChI=1S/C48H32N2.C37H25N.C24H16BN.C13H9Br.C12H9Br.C6H14O2/c1-3-11-33(12-4-1)35-19-25-39(26-20-35)49-46-18-10-8-16-42(46)44-31-37(24-30-47(44)49)38-23-29-43-41-15-7-9-17-45(41)50(48(43)32-38)40-27-21-36(22-28-40)34-13-5-2-6-14-34;1-2-8-25(9-3-1)26-14-18-31(19-15-26)38-36-13-7-6-12-34(36)35-24-28(17-21-37(35)38)27-16-20-33-30(22-27)23-29-10-4-5-11-32(29)33;25-19-12-15-24-22(16-19)21-8-4-5-9-23(21)26(24)20-13-10-18(11-14-20)17-6-2-1-3-7-17;14-11-5-6-13-10(8-11)7-9-3-1-2-4-12(9)13;13-12-8-6-11(7-9-12)10-4-2-1-3-5-10;1-5(2,7)6(3,4)8/h1-32H;1-22,24H,23H2;1-16H;1-6,8H,7H2;1-9H;7-8H,1-4H3. The van der Waals surface area contributed by atoms with E-state index in [1.54, 1.807) is 27.7 Å². The van der Waals surface area contributed by atoms with Crippen LogP contribution < -0.4 is 5.46 Å². The Morgan fingerprint density at radius 3 is 0.785 bits per heavy atom. The SMILES string of the molecule is Brc1ccc(-c2ccccc2)cc1.Brc1ccc2c(c1)Cc1ccccc1-2.CC(C)(O)C(C)(C)O.[B]c1ccc2c(c1)c1ccccc1n2-c1ccc(-c2ccccc2)cc1.c1ccc(-c2ccc(-n3c4ccccc4c4cc(-c5ccc6c(c5)Cc5ccccc5-6)ccc43)cc2)cc1.c1ccc(-c2ccc(-n3c4ccccc4c4cc(-c5ccc6c7ccccc7n(-c7ccc(-c8ccccc8)cc7)c6c5)ccc43)cc2)cc1. The minimum Gasteiger partial charge on any atom is -0.387 e. The zero-order valence-corrected chi connectivity index (χ0v) is 86.3. The summed E-state index contributed by atoms with van der Waals surface area (Å²) in [6.07, 6.45) is 2.09. The molecule has 9 heteroatoms. The monoisotopic (exact) mass is 2040 g/mol. The van der Waals surface area contributed by atoms with E-state index >= 15 is 0 Å². The second kappa shape index (κ2) is 41.5. The summed E-state index contributed by atoms with van der Waals surface area (Å²) in [5, 5.41) is 28.2. The number of aromatic nitrogens is 4. The van der Waals surface area contributed by atoms with E-state index in [1.165, 1.54) is 220 Å².